The van der Waals surface area contributed by atoms with Crippen molar-refractivity contribution in [2.24, 2.45) is 0 Å². The molecule has 0 atom stereocenters. The molecule has 2 saturated heterocycles. The molecule has 0 bridgehead atoms. The second kappa shape index (κ2) is 15.0. The van der Waals surface area contributed by atoms with Gasteiger partial charge in [0.05, 0.1) is 37.4 Å². The third-order valence-electron chi connectivity index (χ3n) is 8.00. The van der Waals surface area contributed by atoms with Crippen molar-refractivity contribution >= 4 is 57.2 Å². The lowest BCUT2D eigenvalue weighted by Gasteiger charge is -2.26. The van der Waals surface area contributed by atoms with Crippen LogP contribution in [0.3, 0.4) is 0 Å². The van der Waals surface area contributed by atoms with Crippen LogP contribution < -0.4 is 14.2 Å². The molecule has 0 unspecified atom stereocenters. The van der Waals surface area contributed by atoms with Crippen LogP contribution in [0.25, 0.3) is 28.1 Å². The highest BCUT2D eigenvalue weighted by Gasteiger charge is 2.31. The molecule has 1 amide bonds. The van der Waals surface area contributed by atoms with E-state index in [2.05, 4.69) is 34.1 Å². The summed E-state index contributed by atoms with van der Waals surface area (Å²) in [5, 5.41) is 10.3. The van der Waals surface area contributed by atoms with Crippen molar-refractivity contribution in [2.45, 2.75) is 6.42 Å². The molecular formula is C35H35N3O7S2. The van der Waals surface area contributed by atoms with Crippen LogP contribution in [0.2, 0.25) is 0 Å². The van der Waals surface area contributed by atoms with Crippen LogP contribution in [-0.4, -0.2) is 95.8 Å². The van der Waals surface area contributed by atoms with E-state index >= 15 is 0 Å². The number of aromatic carboxylic acids is 1. The van der Waals surface area contributed by atoms with Gasteiger partial charge in [-0.2, -0.15) is 0 Å². The highest BCUT2D eigenvalue weighted by molar-refractivity contribution is 8.26. The summed E-state index contributed by atoms with van der Waals surface area (Å²) in [6.07, 6.45) is 4.32. The average Bonchev–Trinajstić information content (AvgIpc) is 3.66. The number of aromatic amines is 1. The van der Waals surface area contributed by atoms with Gasteiger partial charge in [-0.15, -0.1) is 0 Å². The van der Waals surface area contributed by atoms with Crippen molar-refractivity contribution in [2.75, 3.05) is 59.7 Å². The van der Waals surface area contributed by atoms with E-state index in [-0.39, 0.29) is 11.5 Å². The van der Waals surface area contributed by atoms with Gasteiger partial charge in [-0.25, -0.2) is 4.79 Å². The summed E-state index contributed by atoms with van der Waals surface area (Å²) < 4.78 is 23.4. The predicted octanol–water partition coefficient (Wildman–Crippen LogP) is 5.92. The average molecular weight is 674 g/mol. The van der Waals surface area contributed by atoms with E-state index in [0.717, 1.165) is 66.2 Å². The molecule has 2 aliphatic rings. The summed E-state index contributed by atoms with van der Waals surface area (Å²) in [7, 11) is 1.46. The smallest absolute Gasteiger partial charge is 0.335 e. The fourth-order valence-electron chi connectivity index (χ4n) is 5.48. The molecule has 2 aliphatic heterocycles. The Labute approximate surface area is 282 Å². The first kappa shape index (κ1) is 32.6. The summed E-state index contributed by atoms with van der Waals surface area (Å²) >= 11 is 6.85. The number of aromatic nitrogens is 1. The number of hydrogen-bond acceptors (Lipinski definition) is 9. The molecule has 244 valence electrons. The summed E-state index contributed by atoms with van der Waals surface area (Å²) in [5.41, 5.74) is 3.97. The summed E-state index contributed by atoms with van der Waals surface area (Å²) in [6.45, 7) is 5.35. The Balaban J connectivity index is 1.13. The fourth-order valence-corrected chi connectivity index (χ4v) is 6.79. The first-order valence-electron chi connectivity index (χ1n) is 15.3. The van der Waals surface area contributed by atoms with Crippen LogP contribution in [0.1, 0.15) is 22.3 Å². The zero-order valence-corrected chi connectivity index (χ0v) is 27.5. The van der Waals surface area contributed by atoms with Gasteiger partial charge in [-0.1, -0.05) is 42.2 Å². The number of H-pyrrole nitrogens is 1. The standard InChI is InChI=1S/C35H35N3O7S2/c1-42-31-22-26(34(40)41)6-8-30(31)44-15-2-11-38-33(39)32(47-35(38)46)20-23-3-7-29(45-18-14-37-12-16-43-17-13-37)27(19-23)25-5-4-24-9-10-36-28(24)21-25/h3-10,19-22,36H,2,11-18H2,1H3,(H,40,41). The second-order valence-corrected chi connectivity index (χ2v) is 12.7. The number of methoxy groups -OCH3 is 1. The third kappa shape index (κ3) is 7.79. The van der Waals surface area contributed by atoms with Crippen molar-refractivity contribution in [1.82, 2.24) is 14.8 Å². The number of carbonyl (C=O) groups excluding carboxylic acids is 1. The normalized spacial score (nSPS) is 16.3. The van der Waals surface area contributed by atoms with E-state index in [0.29, 0.717) is 46.9 Å². The first-order chi connectivity index (χ1) is 22.9. The Morgan fingerprint density at radius 1 is 1.00 bits per heavy atom. The van der Waals surface area contributed by atoms with Gasteiger partial charge in [0.25, 0.3) is 5.91 Å². The maximum atomic E-state index is 13.4. The number of fused-ring (bicyclic) bond motifs is 1. The molecule has 3 heterocycles. The van der Waals surface area contributed by atoms with Gasteiger partial charge in [0.2, 0.25) is 0 Å². The lowest BCUT2D eigenvalue weighted by molar-refractivity contribution is -0.122. The maximum absolute atomic E-state index is 13.4. The largest absolute Gasteiger partial charge is 0.493 e. The molecule has 0 spiro atoms. The lowest BCUT2D eigenvalue weighted by Crippen LogP contribution is -2.38. The van der Waals surface area contributed by atoms with Crippen LogP contribution in [-0.2, 0) is 9.53 Å². The molecule has 47 heavy (non-hydrogen) atoms. The van der Waals surface area contributed by atoms with Crippen molar-refractivity contribution in [3.8, 4) is 28.4 Å². The van der Waals surface area contributed by atoms with Gasteiger partial charge in [-0.3, -0.25) is 14.6 Å². The highest BCUT2D eigenvalue weighted by atomic mass is 32.2. The van der Waals surface area contributed by atoms with E-state index in [4.69, 9.17) is 31.2 Å². The van der Waals surface area contributed by atoms with Crippen molar-refractivity contribution < 1.29 is 33.6 Å². The number of ether oxygens (including phenoxy) is 4. The van der Waals surface area contributed by atoms with E-state index in [9.17, 15) is 14.7 Å². The number of morpholine rings is 1. The van der Waals surface area contributed by atoms with Crippen molar-refractivity contribution in [3.63, 3.8) is 0 Å². The van der Waals surface area contributed by atoms with E-state index in [1.165, 1.54) is 31.0 Å². The molecule has 0 radical (unpaired) electrons. The number of nitrogens with one attached hydrogen (secondary N) is 1. The fraction of sp³-hybridized carbons (Fsp3) is 0.286. The Morgan fingerprint density at radius 3 is 2.62 bits per heavy atom. The van der Waals surface area contributed by atoms with Crippen LogP contribution >= 0.6 is 24.0 Å². The number of carboxylic acids is 1. The van der Waals surface area contributed by atoms with Crippen LogP contribution in [0.4, 0.5) is 0 Å². The number of benzene rings is 3. The molecule has 12 heteroatoms. The molecule has 0 aliphatic carbocycles. The molecule has 2 fully saturated rings. The Hall–Kier alpha value is -4.36. The Bertz CT molecular complexity index is 1820. The third-order valence-corrected chi connectivity index (χ3v) is 9.38. The van der Waals surface area contributed by atoms with Gasteiger partial charge in [-0.05, 0) is 71.5 Å². The van der Waals surface area contributed by atoms with E-state index in [1.54, 1.807) is 11.0 Å². The van der Waals surface area contributed by atoms with Gasteiger partial charge in [0.1, 0.15) is 16.7 Å². The summed E-state index contributed by atoms with van der Waals surface area (Å²) in [6, 6.07) is 18.7. The summed E-state index contributed by atoms with van der Waals surface area (Å²) in [4.78, 5) is 32.4. The SMILES string of the molecule is COc1cc(C(=O)O)ccc1OCCCN1C(=O)C(=Cc2ccc(OCCN3CCOCC3)c(-c3ccc4cc[nH]c4c3)c2)SC1=S. The number of amides is 1. The zero-order valence-electron chi connectivity index (χ0n) is 25.9. The number of thiocarbonyl (C=S) groups is 1. The quantitative estimate of drug-likeness (QED) is 0.101. The number of thioether (sulfide) groups is 1. The highest BCUT2D eigenvalue weighted by Crippen LogP contribution is 2.37. The number of carbonyl (C=O) groups is 2. The van der Waals surface area contributed by atoms with Gasteiger partial charge < -0.3 is 29.0 Å². The Morgan fingerprint density at radius 2 is 1.81 bits per heavy atom. The monoisotopic (exact) mass is 673 g/mol. The topological polar surface area (TPSA) is 114 Å². The lowest BCUT2D eigenvalue weighted by atomic mass is 10.0. The molecule has 3 aromatic carbocycles. The first-order valence-corrected chi connectivity index (χ1v) is 16.6. The minimum atomic E-state index is -1.05. The zero-order chi connectivity index (χ0) is 32.8. The van der Waals surface area contributed by atoms with Gasteiger partial charge >= 0.3 is 5.97 Å². The number of rotatable bonds is 13. The maximum Gasteiger partial charge on any atom is 0.335 e. The number of carboxylic acid groups (broad SMARTS) is 1. The molecule has 4 aromatic rings. The second-order valence-electron chi connectivity index (χ2n) is 11.0. The molecule has 1 aromatic heterocycles. The Kier molecular flexibility index (Phi) is 10.4. The van der Waals surface area contributed by atoms with Crippen LogP contribution in [0.5, 0.6) is 17.2 Å². The number of hydrogen-bond donors (Lipinski definition) is 2. The minimum Gasteiger partial charge on any atom is -0.493 e. The van der Waals surface area contributed by atoms with E-state index in [1.807, 2.05) is 30.5 Å². The molecule has 0 saturated carbocycles. The van der Waals surface area contributed by atoms with E-state index < -0.39 is 5.97 Å². The van der Waals surface area contributed by atoms with Gasteiger partial charge in [0.15, 0.2) is 11.5 Å². The molecule has 10 nitrogen and oxygen atoms in total. The molecule has 6 rings (SSSR count). The molecular weight excluding hydrogens is 639 g/mol. The van der Waals surface area contributed by atoms with Crippen LogP contribution in [0.15, 0.2) is 71.8 Å². The molecule has 2 N–H and O–H groups in total. The predicted molar refractivity (Wildman–Crippen MR) is 186 cm³/mol. The minimum absolute atomic E-state index is 0.109. The van der Waals surface area contributed by atoms with Crippen molar-refractivity contribution in [1.29, 1.82) is 0 Å². The van der Waals surface area contributed by atoms with Crippen LogP contribution in [0, 0.1) is 0 Å². The number of nitrogens with zero attached hydrogens (tertiary/aromatic N) is 2. The van der Waals surface area contributed by atoms with Gasteiger partial charge in [0, 0.05) is 43.5 Å². The van der Waals surface area contributed by atoms with Crippen molar-refractivity contribution in [3.05, 3.63) is 82.9 Å². The summed E-state index contributed by atoms with van der Waals surface area (Å²) in [5.74, 6) is 0.351.